The monoisotopic (exact) mass is 869 g/mol. The number of pyridine rings is 1. The van der Waals surface area contributed by atoms with Crippen molar-refractivity contribution in [3.63, 3.8) is 0 Å². The lowest BCUT2D eigenvalue weighted by Crippen LogP contribution is -2.61. The van der Waals surface area contributed by atoms with E-state index in [0.29, 0.717) is 29.4 Å². The normalized spacial score (nSPS) is 22.0. The Bertz CT molecular complexity index is 2640. The smallest absolute Gasteiger partial charge is 0.386 e. The topological polar surface area (TPSA) is 160 Å². The van der Waals surface area contributed by atoms with Crippen molar-refractivity contribution in [1.29, 1.82) is 0 Å². The molecule has 3 aliphatic heterocycles. The van der Waals surface area contributed by atoms with Crippen LogP contribution in [0.15, 0.2) is 59.5 Å². The first-order chi connectivity index (χ1) is 30.0. The number of fused-ring (bicyclic) bond motifs is 2. The Labute approximate surface area is 362 Å². The molecule has 4 aliphatic rings. The number of carbonyl (C=O) groups excluding carboxylic acids is 3. The van der Waals surface area contributed by atoms with E-state index in [1.807, 2.05) is 23.0 Å². The van der Waals surface area contributed by atoms with Gasteiger partial charge in [-0.3, -0.25) is 28.2 Å². The van der Waals surface area contributed by atoms with Gasteiger partial charge in [-0.2, -0.15) is 18.3 Å². The summed E-state index contributed by atoms with van der Waals surface area (Å²) in [5.74, 6) is -0.752. The number of carbonyl (C=O) groups is 3. The number of nitrogens with one attached hydrogen (secondary N) is 2. The highest BCUT2D eigenvalue weighted by Crippen LogP contribution is 2.42. The van der Waals surface area contributed by atoms with E-state index in [1.165, 1.54) is 6.07 Å². The van der Waals surface area contributed by atoms with Gasteiger partial charge in [0.1, 0.15) is 17.4 Å². The minimum absolute atomic E-state index is 0.0488. The highest BCUT2D eigenvalue weighted by Gasteiger charge is 2.46. The van der Waals surface area contributed by atoms with E-state index in [-0.39, 0.29) is 40.6 Å². The zero-order valence-corrected chi connectivity index (χ0v) is 35.9. The zero-order chi connectivity index (χ0) is 44.4. The van der Waals surface area contributed by atoms with E-state index in [9.17, 15) is 37.5 Å². The molecule has 6 heterocycles. The number of likely N-dealkylation sites (tertiary alicyclic amines) is 2. The number of aromatic nitrogens is 5. The van der Waals surface area contributed by atoms with Crippen molar-refractivity contribution in [2.75, 3.05) is 44.6 Å². The third kappa shape index (κ3) is 8.25. The second-order valence-electron chi connectivity index (χ2n) is 18.7. The number of para-hydroxylation sites is 1. The summed E-state index contributed by atoms with van der Waals surface area (Å²) in [7, 11) is 1.79. The summed E-state index contributed by atoms with van der Waals surface area (Å²) >= 11 is 0. The van der Waals surface area contributed by atoms with Crippen LogP contribution in [0.4, 0.5) is 18.9 Å². The molecule has 0 radical (unpaired) electrons. The van der Waals surface area contributed by atoms with E-state index < -0.39 is 35.1 Å². The molecule has 3 N–H and O–H groups in total. The quantitative estimate of drug-likeness (QED) is 0.165. The second-order valence-corrected chi connectivity index (χ2v) is 18.7. The lowest BCUT2D eigenvalue weighted by Gasteiger charge is -2.54. The minimum atomic E-state index is -4.71. The van der Waals surface area contributed by atoms with Crippen LogP contribution in [0.1, 0.15) is 105 Å². The number of aliphatic hydroxyl groups is 1. The molecular formula is C46H54F3N9O5. The lowest BCUT2D eigenvalue weighted by atomic mass is 9.71. The molecule has 1 spiro atoms. The summed E-state index contributed by atoms with van der Waals surface area (Å²) in [5, 5.41) is 22.1. The number of amides is 3. The molecule has 3 amide bonds. The number of piperidine rings is 2. The molecule has 1 atom stereocenters. The summed E-state index contributed by atoms with van der Waals surface area (Å²) in [6.45, 7) is 8.14. The summed E-state index contributed by atoms with van der Waals surface area (Å²) in [5.41, 5.74) is 1.08. The summed E-state index contributed by atoms with van der Waals surface area (Å²) < 4.78 is 45.1. The van der Waals surface area contributed by atoms with E-state index >= 15 is 0 Å². The Morgan fingerprint density at radius 1 is 0.984 bits per heavy atom. The fourth-order valence-corrected chi connectivity index (χ4v) is 10.5. The largest absolute Gasteiger partial charge is 0.433 e. The number of benzene rings is 2. The maximum Gasteiger partial charge on any atom is 0.433 e. The minimum Gasteiger partial charge on any atom is -0.386 e. The van der Waals surface area contributed by atoms with Gasteiger partial charge < -0.3 is 25.5 Å². The molecule has 5 aromatic rings. The van der Waals surface area contributed by atoms with E-state index in [0.717, 1.165) is 113 Å². The van der Waals surface area contributed by atoms with Gasteiger partial charge in [-0.05, 0) is 113 Å². The molecular weight excluding hydrogens is 816 g/mol. The molecule has 1 saturated carbocycles. The first kappa shape index (κ1) is 42.7. The fraction of sp³-hybridized carbons (Fsp3) is 0.522. The van der Waals surface area contributed by atoms with Crippen LogP contribution >= 0.6 is 0 Å². The summed E-state index contributed by atoms with van der Waals surface area (Å²) in [6.07, 6.45) is 4.44. The molecule has 334 valence electrons. The molecule has 3 aromatic heterocycles. The van der Waals surface area contributed by atoms with Gasteiger partial charge in [-0.1, -0.05) is 18.2 Å². The number of hydrogen-bond acceptors (Lipinski definition) is 8. The number of halogens is 3. The molecule has 4 fully saturated rings. The van der Waals surface area contributed by atoms with Gasteiger partial charge in [-0.15, -0.1) is 0 Å². The lowest BCUT2D eigenvalue weighted by molar-refractivity contribution is -0.142. The Balaban J connectivity index is 0.775. The zero-order valence-electron chi connectivity index (χ0n) is 35.9. The number of imidazole rings is 1. The van der Waals surface area contributed by atoms with Crippen LogP contribution < -0.4 is 16.3 Å². The second kappa shape index (κ2) is 16.2. The number of rotatable bonds is 9. The molecule has 14 nitrogen and oxygen atoms in total. The predicted molar refractivity (Wildman–Crippen MR) is 230 cm³/mol. The summed E-state index contributed by atoms with van der Waals surface area (Å²) in [6, 6.07) is 12.1. The number of nitrogens with zero attached hydrogens (tertiary/aromatic N) is 7. The molecule has 2 aromatic carbocycles. The first-order valence-corrected chi connectivity index (χ1v) is 22.1. The van der Waals surface area contributed by atoms with E-state index in [4.69, 9.17) is 5.10 Å². The summed E-state index contributed by atoms with van der Waals surface area (Å²) in [4.78, 5) is 61.0. The average Bonchev–Trinajstić information content (AvgIpc) is 3.78. The number of anilines is 1. The number of hydrogen-bond donors (Lipinski definition) is 3. The van der Waals surface area contributed by atoms with Crippen LogP contribution in [-0.4, -0.2) is 95.8 Å². The van der Waals surface area contributed by atoms with Crippen molar-refractivity contribution in [2.24, 2.45) is 18.4 Å². The highest BCUT2D eigenvalue weighted by atomic mass is 19.4. The standard InChI is InChI=1S/C46H54F3N9O5/c1-44(2,63)32-24-34-30(23-35(32)52-40(59)33-8-5-11-38(51-33)46(47,48)49)25-57(53-34)31-14-12-29(13-15-31)42(61)56-21-17-45(18-22-56)26-55(27-45)20-16-28-7-4-9-36-39(28)54(3)43(62)58(36)37-10-6-19-50-41(37)60/h4-5,7-9,11,23-25,29,31,37,63H,6,10,12-22,26-27H2,1-3H3,(H,50,60)(H,52,59)/t29-,31-,37?. The molecule has 9 rings (SSSR count). The maximum absolute atomic E-state index is 13.8. The van der Waals surface area contributed by atoms with E-state index in [2.05, 4.69) is 31.5 Å². The van der Waals surface area contributed by atoms with Crippen molar-refractivity contribution >= 4 is 45.3 Å². The van der Waals surface area contributed by atoms with Gasteiger partial charge >= 0.3 is 11.9 Å². The van der Waals surface area contributed by atoms with Crippen LogP contribution in [0.3, 0.4) is 0 Å². The number of aryl methyl sites for hydroxylation is 1. The maximum atomic E-state index is 13.8. The van der Waals surface area contributed by atoms with Gasteiger partial charge in [0, 0.05) is 75.1 Å². The molecule has 3 saturated heterocycles. The van der Waals surface area contributed by atoms with Crippen molar-refractivity contribution in [3.05, 3.63) is 87.7 Å². The van der Waals surface area contributed by atoms with E-state index in [1.54, 1.807) is 42.2 Å². The number of alkyl halides is 3. The van der Waals surface area contributed by atoms with Crippen molar-refractivity contribution in [3.8, 4) is 0 Å². The highest BCUT2D eigenvalue weighted by molar-refractivity contribution is 6.04. The average molecular weight is 870 g/mol. The van der Waals surface area contributed by atoms with Crippen molar-refractivity contribution < 1.29 is 32.7 Å². The first-order valence-electron chi connectivity index (χ1n) is 22.1. The Morgan fingerprint density at radius 3 is 2.41 bits per heavy atom. The third-order valence-electron chi connectivity index (χ3n) is 14.0. The predicted octanol–water partition coefficient (Wildman–Crippen LogP) is 5.93. The molecule has 17 heteroatoms. The van der Waals surface area contributed by atoms with Crippen LogP contribution in [0.25, 0.3) is 21.9 Å². The van der Waals surface area contributed by atoms with Gasteiger partial charge in [0.2, 0.25) is 11.8 Å². The van der Waals surface area contributed by atoms with Crippen LogP contribution in [-0.2, 0) is 34.8 Å². The molecule has 63 heavy (non-hydrogen) atoms. The Kier molecular flexibility index (Phi) is 11.0. The molecule has 1 unspecified atom stereocenters. The Hall–Kier alpha value is -5.55. The molecule has 0 bridgehead atoms. The van der Waals surface area contributed by atoms with Gasteiger partial charge in [0.15, 0.2) is 0 Å². The van der Waals surface area contributed by atoms with Crippen LogP contribution in [0, 0.1) is 11.3 Å². The van der Waals surface area contributed by atoms with Crippen LogP contribution in [0.5, 0.6) is 0 Å². The van der Waals surface area contributed by atoms with Gasteiger partial charge in [-0.25, -0.2) is 9.78 Å². The van der Waals surface area contributed by atoms with Gasteiger partial charge in [0.25, 0.3) is 5.91 Å². The SMILES string of the molecule is Cn1c(=O)n(C2CCCNC2=O)c2cccc(CCN3CC4(CCN(C(=O)[C@H]5CC[C@H](n6cc7cc(NC(=O)c8cccc(C(F)(F)F)n8)c(C(C)(C)O)cc7n6)CC5)CC4)C3)c21. The Morgan fingerprint density at radius 2 is 1.71 bits per heavy atom. The van der Waals surface area contributed by atoms with Crippen molar-refractivity contribution in [1.82, 2.24) is 39.0 Å². The fourth-order valence-electron chi connectivity index (χ4n) is 10.5. The van der Waals surface area contributed by atoms with Gasteiger partial charge in [0.05, 0.1) is 28.2 Å². The van der Waals surface area contributed by atoms with Crippen molar-refractivity contribution in [2.45, 2.75) is 95.5 Å². The van der Waals surface area contributed by atoms with Crippen LogP contribution in [0.2, 0.25) is 0 Å². The third-order valence-corrected chi connectivity index (χ3v) is 14.0. The molecule has 1 aliphatic carbocycles.